The number of aromatic nitrogens is 5. The summed E-state index contributed by atoms with van der Waals surface area (Å²) in [4.78, 5) is 24.5. The molecule has 152 valence electrons. The molecule has 0 amide bonds. The monoisotopic (exact) mass is 392 g/mol. The minimum Gasteiger partial charge on any atom is -0.303 e. The lowest BCUT2D eigenvalue weighted by Gasteiger charge is -2.32. The Morgan fingerprint density at radius 3 is 2.69 bits per heavy atom. The zero-order valence-electron chi connectivity index (χ0n) is 17.4. The van der Waals surface area contributed by atoms with Crippen LogP contribution in [0, 0.1) is 11.8 Å². The molecule has 3 aromatic heterocycles. The molecule has 1 fully saturated rings. The van der Waals surface area contributed by atoms with Crippen LogP contribution in [0.3, 0.4) is 0 Å². The molecule has 0 aliphatic carbocycles. The summed E-state index contributed by atoms with van der Waals surface area (Å²) < 4.78 is 1.66. The van der Waals surface area contributed by atoms with E-state index in [1.54, 1.807) is 10.9 Å². The predicted octanol–water partition coefficient (Wildman–Crippen LogP) is 2.90. The van der Waals surface area contributed by atoms with Crippen LogP contribution in [0.2, 0.25) is 0 Å². The van der Waals surface area contributed by atoms with Crippen molar-refractivity contribution in [3.8, 4) is 11.4 Å². The molecular formula is C22H28N6O. The number of rotatable bonds is 6. The average Bonchev–Trinajstić information content (AvgIpc) is 3.14. The van der Waals surface area contributed by atoms with E-state index in [1.807, 2.05) is 31.4 Å². The zero-order valence-corrected chi connectivity index (χ0v) is 17.4. The van der Waals surface area contributed by atoms with Gasteiger partial charge in [-0.2, -0.15) is 0 Å². The molecule has 3 aromatic rings. The van der Waals surface area contributed by atoms with E-state index in [0.717, 1.165) is 60.5 Å². The van der Waals surface area contributed by atoms with Crippen molar-refractivity contribution >= 4 is 16.7 Å². The largest absolute Gasteiger partial charge is 0.303 e. The Bertz CT molecular complexity index is 1000. The van der Waals surface area contributed by atoms with Crippen LogP contribution in [-0.4, -0.2) is 55.3 Å². The van der Waals surface area contributed by atoms with Crippen LogP contribution in [0.4, 0.5) is 0 Å². The van der Waals surface area contributed by atoms with Crippen molar-refractivity contribution in [2.75, 3.05) is 19.6 Å². The highest BCUT2D eigenvalue weighted by Gasteiger charge is 2.25. The topological polar surface area (TPSA) is 76.8 Å². The van der Waals surface area contributed by atoms with E-state index in [0.29, 0.717) is 18.1 Å². The lowest BCUT2D eigenvalue weighted by Crippen LogP contribution is -2.38. The SMILES string of the molecule is CC(C)CN1CCC(C(=O)Cc2cc3nc(-c4cn(C)nn4)ccc3cn2)CC1. The number of Topliss-reactive ketones (excluding diaryl/α,β-unsaturated/α-hetero) is 1. The number of pyridine rings is 2. The molecule has 4 heterocycles. The maximum absolute atomic E-state index is 12.8. The molecule has 0 spiro atoms. The number of ketones is 1. The first-order chi connectivity index (χ1) is 14.0. The lowest BCUT2D eigenvalue weighted by atomic mass is 9.90. The average molecular weight is 393 g/mol. The third kappa shape index (κ3) is 4.67. The maximum Gasteiger partial charge on any atom is 0.142 e. The van der Waals surface area contributed by atoms with Gasteiger partial charge in [0.15, 0.2) is 0 Å². The number of carbonyl (C=O) groups is 1. The van der Waals surface area contributed by atoms with Crippen molar-refractivity contribution in [1.82, 2.24) is 29.9 Å². The molecule has 7 heteroatoms. The Morgan fingerprint density at radius 1 is 1.21 bits per heavy atom. The second-order valence-corrected chi connectivity index (χ2v) is 8.45. The van der Waals surface area contributed by atoms with Crippen molar-refractivity contribution < 1.29 is 4.79 Å². The van der Waals surface area contributed by atoms with E-state index in [2.05, 4.69) is 34.0 Å². The molecule has 1 aliphatic rings. The molecule has 1 aliphatic heterocycles. The number of piperidine rings is 1. The number of fused-ring (bicyclic) bond motifs is 1. The zero-order chi connectivity index (χ0) is 20.4. The summed E-state index contributed by atoms with van der Waals surface area (Å²) in [6.07, 6.45) is 5.92. The van der Waals surface area contributed by atoms with Gasteiger partial charge in [0.05, 0.1) is 17.4 Å². The fraction of sp³-hybridized carbons (Fsp3) is 0.500. The number of carbonyl (C=O) groups excluding carboxylic acids is 1. The number of hydrogen-bond donors (Lipinski definition) is 0. The van der Waals surface area contributed by atoms with Gasteiger partial charge in [-0.3, -0.25) is 14.5 Å². The first kappa shape index (κ1) is 19.6. The molecule has 1 saturated heterocycles. The van der Waals surface area contributed by atoms with Gasteiger partial charge >= 0.3 is 0 Å². The highest BCUT2D eigenvalue weighted by Crippen LogP contribution is 2.22. The normalized spacial score (nSPS) is 16.0. The van der Waals surface area contributed by atoms with Crippen LogP contribution >= 0.6 is 0 Å². The molecular weight excluding hydrogens is 364 g/mol. The smallest absolute Gasteiger partial charge is 0.142 e. The van der Waals surface area contributed by atoms with Gasteiger partial charge in [-0.05, 0) is 50.0 Å². The molecule has 0 atom stereocenters. The molecule has 0 radical (unpaired) electrons. The molecule has 0 saturated carbocycles. The Labute approximate surface area is 171 Å². The number of aryl methyl sites for hydroxylation is 1. The number of hydrogen-bond acceptors (Lipinski definition) is 6. The van der Waals surface area contributed by atoms with E-state index >= 15 is 0 Å². The van der Waals surface area contributed by atoms with Crippen LogP contribution in [-0.2, 0) is 18.3 Å². The minimum atomic E-state index is 0.148. The third-order valence-corrected chi connectivity index (χ3v) is 5.52. The molecule has 0 unspecified atom stereocenters. The first-order valence-electron chi connectivity index (χ1n) is 10.4. The van der Waals surface area contributed by atoms with E-state index in [1.165, 1.54) is 0 Å². The van der Waals surface area contributed by atoms with Crippen molar-refractivity contribution in [2.24, 2.45) is 18.9 Å². The maximum atomic E-state index is 12.8. The number of nitrogens with zero attached hydrogens (tertiary/aromatic N) is 6. The van der Waals surface area contributed by atoms with Crippen LogP contribution in [0.1, 0.15) is 32.4 Å². The second kappa shape index (κ2) is 8.37. The van der Waals surface area contributed by atoms with E-state index < -0.39 is 0 Å². The molecule has 4 rings (SSSR count). The van der Waals surface area contributed by atoms with Crippen LogP contribution in [0.15, 0.2) is 30.6 Å². The second-order valence-electron chi connectivity index (χ2n) is 8.45. The Morgan fingerprint density at radius 2 is 2.00 bits per heavy atom. The molecule has 0 bridgehead atoms. The predicted molar refractivity (Wildman–Crippen MR) is 112 cm³/mol. The summed E-state index contributed by atoms with van der Waals surface area (Å²) in [5.74, 6) is 1.12. The summed E-state index contributed by atoms with van der Waals surface area (Å²) in [6.45, 7) is 7.64. The van der Waals surface area contributed by atoms with Gasteiger partial charge in [-0.25, -0.2) is 4.98 Å². The first-order valence-corrected chi connectivity index (χ1v) is 10.4. The highest BCUT2D eigenvalue weighted by molar-refractivity contribution is 5.85. The summed E-state index contributed by atoms with van der Waals surface area (Å²) in [5, 5.41) is 9.05. The molecule has 29 heavy (non-hydrogen) atoms. The van der Waals surface area contributed by atoms with Crippen molar-refractivity contribution in [3.05, 3.63) is 36.3 Å². The minimum absolute atomic E-state index is 0.148. The molecule has 7 nitrogen and oxygen atoms in total. The van der Waals surface area contributed by atoms with Gasteiger partial charge in [0, 0.05) is 43.2 Å². The van der Waals surface area contributed by atoms with Gasteiger partial charge < -0.3 is 4.90 Å². The van der Waals surface area contributed by atoms with Crippen molar-refractivity contribution in [3.63, 3.8) is 0 Å². The van der Waals surface area contributed by atoms with E-state index in [9.17, 15) is 4.79 Å². The van der Waals surface area contributed by atoms with E-state index in [4.69, 9.17) is 4.98 Å². The van der Waals surface area contributed by atoms with Crippen LogP contribution in [0.5, 0.6) is 0 Å². The fourth-order valence-corrected chi connectivity index (χ4v) is 4.04. The Kier molecular flexibility index (Phi) is 5.67. The van der Waals surface area contributed by atoms with Crippen molar-refractivity contribution in [1.29, 1.82) is 0 Å². The molecule has 0 N–H and O–H groups in total. The van der Waals surface area contributed by atoms with Gasteiger partial charge in [0.25, 0.3) is 0 Å². The Balaban J connectivity index is 1.44. The molecule has 0 aromatic carbocycles. The lowest BCUT2D eigenvalue weighted by molar-refractivity contribution is -0.123. The van der Waals surface area contributed by atoms with E-state index in [-0.39, 0.29) is 5.92 Å². The number of likely N-dealkylation sites (tertiary alicyclic amines) is 1. The summed E-state index contributed by atoms with van der Waals surface area (Å²) in [5.41, 5.74) is 3.12. The van der Waals surface area contributed by atoms with Crippen LogP contribution < -0.4 is 0 Å². The van der Waals surface area contributed by atoms with Crippen molar-refractivity contribution in [2.45, 2.75) is 33.1 Å². The van der Waals surface area contributed by atoms with Gasteiger partial charge in [0.1, 0.15) is 11.5 Å². The Hall–Kier alpha value is -2.67. The summed E-state index contributed by atoms with van der Waals surface area (Å²) in [6, 6.07) is 5.83. The summed E-state index contributed by atoms with van der Waals surface area (Å²) in [7, 11) is 1.83. The van der Waals surface area contributed by atoms with Gasteiger partial charge in [0.2, 0.25) is 0 Å². The highest BCUT2D eigenvalue weighted by atomic mass is 16.1. The van der Waals surface area contributed by atoms with Gasteiger partial charge in [-0.1, -0.05) is 19.1 Å². The standard InChI is InChI=1S/C22H28N6O/c1-15(2)13-28-8-6-16(7-9-28)22(29)11-18-10-20-17(12-23-18)4-5-19(24-20)21-14-27(3)26-25-21/h4-5,10,12,14-16H,6-9,11,13H2,1-3H3. The fourth-order valence-electron chi connectivity index (χ4n) is 4.04. The third-order valence-electron chi connectivity index (χ3n) is 5.52. The van der Waals surface area contributed by atoms with Crippen LogP contribution in [0.25, 0.3) is 22.3 Å². The summed E-state index contributed by atoms with van der Waals surface area (Å²) >= 11 is 0. The van der Waals surface area contributed by atoms with Gasteiger partial charge in [-0.15, -0.1) is 5.10 Å². The quantitative estimate of drug-likeness (QED) is 0.642.